The van der Waals surface area contributed by atoms with Crippen molar-refractivity contribution in [3.8, 4) is 33.4 Å². The molecule has 0 amide bonds. The number of nitrogens with zero attached hydrogens (tertiary/aromatic N) is 2. The molecule has 226 valence electrons. The first-order valence-electron chi connectivity index (χ1n) is 16.2. The molecule has 2 heterocycles. The van der Waals surface area contributed by atoms with E-state index in [-0.39, 0.29) is 0 Å². The molecule has 0 aliphatic carbocycles. The van der Waals surface area contributed by atoms with Gasteiger partial charge < -0.3 is 9.32 Å². The van der Waals surface area contributed by atoms with E-state index in [0.29, 0.717) is 0 Å². The molecule has 48 heavy (non-hydrogen) atoms. The Kier molecular flexibility index (Phi) is 6.80. The lowest BCUT2D eigenvalue weighted by atomic mass is 9.98. The molecular formula is C45H30N2O. The van der Waals surface area contributed by atoms with Crippen LogP contribution in [0, 0.1) is 0 Å². The highest BCUT2D eigenvalue weighted by atomic mass is 16.3. The highest BCUT2D eigenvalue weighted by molar-refractivity contribution is 6.12. The largest absolute Gasteiger partial charge is 0.454 e. The van der Waals surface area contributed by atoms with E-state index in [1.54, 1.807) is 6.20 Å². The van der Waals surface area contributed by atoms with Gasteiger partial charge in [-0.15, -0.1) is 0 Å². The Bertz CT molecular complexity index is 2530. The molecule has 0 radical (unpaired) electrons. The molecule has 0 unspecified atom stereocenters. The van der Waals surface area contributed by atoms with Gasteiger partial charge in [-0.3, -0.25) is 4.98 Å². The number of benzene rings is 7. The van der Waals surface area contributed by atoms with Crippen LogP contribution in [0.2, 0.25) is 0 Å². The molecular weight excluding hydrogens is 585 g/mol. The molecule has 0 aliphatic heterocycles. The summed E-state index contributed by atoms with van der Waals surface area (Å²) < 4.78 is 6.13. The van der Waals surface area contributed by atoms with Crippen molar-refractivity contribution in [2.75, 3.05) is 4.90 Å². The molecule has 3 heteroatoms. The van der Waals surface area contributed by atoms with Crippen molar-refractivity contribution in [1.82, 2.24) is 4.98 Å². The summed E-state index contributed by atoms with van der Waals surface area (Å²) in [5.74, 6) is 0. The van der Waals surface area contributed by atoms with Crippen molar-refractivity contribution in [1.29, 1.82) is 0 Å². The van der Waals surface area contributed by atoms with Crippen molar-refractivity contribution >= 4 is 49.8 Å². The summed E-state index contributed by atoms with van der Waals surface area (Å²) in [4.78, 5) is 6.84. The van der Waals surface area contributed by atoms with Crippen LogP contribution in [0.15, 0.2) is 187 Å². The zero-order valence-corrected chi connectivity index (χ0v) is 26.1. The Morgan fingerprint density at radius 1 is 0.375 bits per heavy atom. The number of hydrogen-bond donors (Lipinski definition) is 0. The van der Waals surface area contributed by atoms with E-state index in [0.717, 1.165) is 50.1 Å². The van der Waals surface area contributed by atoms with E-state index in [9.17, 15) is 0 Å². The predicted molar refractivity (Wildman–Crippen MR) is 200 cm³/mol. The lowest BCUT2D eigenvalue weighted by molar-refractivity contribution is 0.667. The first-order valence-corrected chi connectivity index (χ1v) is 16.2. The zero-order chi connectivity index (χ0) is 31.9. The standard InChI is InChI=1S/C45H30N2O/c1-2-9-31(10-3-1)32-17-23-36(24-18-32)47(37-25-19-34(20-26-37)40-15-8-12-33-11-4-5-13-39(33)40)38-27-21-35(22-28-38)42-29-46-30-44-45(42)41-14-6-7-16-43(41)48-44/h1-30H. The van der Waals surface area contributed by atoms with Crippen molar-refractivity contribution in [3.63, 3.8) is 0 Å². The predicted octanol–water partition coefficient (Wildman–Crippen LogP) is 12.6. The summed E-state index contributed by atoms with van der Waals surface area (Å²) in [6.45, 7) is 0. The van der Waals surface area contributed by atoms with Gasteiger partial charge in [-0.05, 0) is 81.1 Å². The SMILES string of the molecule is c1ccc(-c2ccc(N(c3ccc(-c4cccc5ccccc45)cc3)c3ccc(-c4cncc5oc6ccccc6c45)cc3)cc2)cc1. The number of pyridine rings is 1. The first kappa shape index (κ1) is 27.8. The Labute approximate surface area is 279 Å². The molecule has 9 rings (SSSR count). The van der Waals surface area contributed by atoms with Crippen LogP contribution in [0.1, 0.15) is 0 Å². The fourth-order valence-corrected chi connectivity index (χ4v) is 6.83. The van der Waals surface area contributed by atoms with Gasteiger partial charge in [-0.1, -0.05) is 127 Å². The molecule has 0 fully saturated rings. The molecule has 2 aromatic heterocycles. The van der Waals surface area contributed by atoms with E-state index < -0.39 is 0 Å². The third-order valence-electron chi connectivity index (χ3n) is 9.18. The number of anilines is 3. The highest BCUT2D eigenvalue weighted by Gasteiger charge is 2.16. The van der Waals surface area contributed by atoms with E-state index in [1.807, 2.05) is 18.3 Å². The average molecular weight is 615 g/mol. The second-order valence-electron chi connectivity index (χ2n) is 12.0. The summed E-state index contributed by atoms with van der Waals surface area (Å²) in [5.41, 5.74) is 11.9. The van der Waals surface area contributed by atoms with Crippen LogP contribution >= 0.6 is 0 Å². The van der Waals surface area contributed by atoms with Crippen LogP contribution in [0.3, 0.4) is 0 Å². The van der Waals surface area contributed by atoms with Gasteiger partial charge in [-0.2, -0.15) is 0 Å². The topological polar surface area (TPSA) is 29.3 Å². The van der Waals surface area contributed by atoms with Gasteiger partial charge in [0.25, 0.3) is 0 Å². The molecule has 0 spiro atoms. The quantitative estimate of drug-likeness (QED) is 0.187. The van der Waals surface area contributed by atoms with E-state index in [1.165, 1.54) is 33.0 Å². The number of aromatic nitrogens is 1. The van der Waals surface area contributed by atoms with Gasteiger partial charge in [0, 0.05) is 39.6 Å². The molecule has 0 bridgehead atoms. The van der Waals surface area contributed by atoms with Crippen LogP contribution < -0.4 is 4.90 Å². The second-order valence-corrected chi connectivity index (χ2v) is 12.0. The molecule has 9 aromatic rings. The molecule has 0 N–H and O–H groups in total. The fourth-order valence-electron chi connectivity index (χ4n) is 6.83. The minimum atomic E-state index is 0.796. The van der Waals surface area contributed by atoms with E-state index in [2.05, 4.69) is 168 Å². The minimum absolute atomic E-state index is 0.796. The van der Waals surface area contributed by atoms with Crippen LogP contribution in [-0.2, 0) is 0 Å². The van der Waals surface area contributed by atoms with Gasteiger partial charge in [0.15, 0.2) is 5.58 Å². The number of rotatable bonds is 6. The molecule has 0 saturated carbocycles. The van der Waals surface area contributed by atoms with Gasteiger partial charge in [0.2, 0.25) is 0 Å². The maximum absolute atomic E-state index is 6.13. The first-order chi connectivity index (χ1) is 23.8. The summed E-state index contributed by atoms with van der Waals surface area (Å²) in [6.07, 6.45) is 3.74. The van der Waals surface area contributed by atoms with Crippen molar-refractivity contribution in [2.24, 2.45) is 0 Å². The fraction of sp³-hybridized carbons (Fsp3) is 0. The van der Waals surface area contributed by atoms with E-state index >= 15 is 0 Å². The number of furan rings is 1. The lowest BCUT2D eigenvalue weighted by Crippen LogP contribution is -2.09. The Hall–Kier alpha value is -6.45. The second kappa shape index (κ2) is 11.7. The number of para-hydroxylation sites is 1. The van der Waals surface area contributed by atoms with E-state index in [4.69, 9.17) is 4.42 Å². The zero-order valence-electron chi connectivity index (χ0n) is 26.1. The van der Waals surface area contributed by atoms with Crippen molar-refractivity contribution < 1.29 is 4.42 Å². The third kappa shape index (κ3) is 4.90. The van der Waals surface area contributed by atoms with Gasteiger partial charge in [-0.25, -0.2) is 0 Å². The number of fused-ring (bicyclic) bond motifs is 4. The number of hydrogen-bond acceptors (Lipinski definition) is 3. The minimum Gasteiger partial charge on any atom is -0.454 e. The molecule has 0 saturated heterocycles. The Balaban J connectivity index is 1.13. The van der Waals surface area contributed by atoms with Crippen LogP contribution in [-0.4, -0.2) is 4.98 Å². The molecule has 7 aromatic carbocycles. The molecule has 3 nitrogen and oxygen atoms in total. The monoisotopic (exact) mass is 614 g/mol. The van der Waals surface area contributed by atoms with Crippen molar-refractivity contribution in [2.45, 2.75) is 0 Å². The molecule has 0 atom stereocenters. The molecule has 0 aliphatic rings. The highest BCUT2D eigenvalue weighted by Crippen LogP contribution is 2.40. The third-order valence-corrected chi connectivity index (χ3v) is 9.18. The lowest BCUT2D eigenvalue weighted by Gasteiger charge is -2.26. The van der Waals surface area contributed by atoms with Crippen LogP contribution in [0.4, 0.5) is 17.1 Å². The summed E-state index contributed by atoms with van der Waals surface area (Å²) in [7, 11) is 0. The summed E-state index contributed by atoms with van der Waals surface area (Å²) in [5, 5.41) is 4.69. The smallest absolute Gasteiger partial charge is 0.154 e. The van der Waals surface area contributed by atoms with Crippen LogP contribution in [0.5, 0.6) is 0 Å². The Morgan fingerprint density at radius 3 is 1.62 bits per heavy atom. The summed E-state index contributed by atoms with van der Waals surface area (Å²) >= 11 is 0. The average Bonchev–Trinajstić information content (AvgIpc) is 3.55. The van der Waals surface area contributed by atoms with Gasteiger partial charge >= 0.3 is 0 Å². The van der Waals surface area contributed by atoms with Gasteiger partial charge in [0.1, 0.15) is 5.58 Å². The summed E-state index contributed by atoms with van der Waals surface area (Å²) in [6, 6.07) is 60.2. The van der Waals surface area contributed by atoms with Crippen molar-refractivity contribution in [3.05, 3.63) is 182 Å². The normalized spacial score (nSPS) is 11.3. The maximum Gasteiger partial charge on any atom is 0.154 e. The van der Waals surface area contributed by atoms with Crippen LogP contribution in [0.25, 0.3) is 66.1 Å². The Morgan fingerprint density at radius 2 is 0.917 bits per heavy atom. The van der Waals surface area contributed by atoms with Gasteiger partial charge in [0.05, 0.1) is 6.20 Å². The maximum atomic E-state index is 6.13.